The summed E-state index contributed by atoms with van der Waals surface area (Å²) in [6.45, 7) is 2.96. The largest absolute Gasteiger partial charge is 0.384 e. The summed E-state index contributed by atoms with van der Waals surface area (Å²) in [5, 5.41) is 14.3. The standard InChI is InChI=1S/C15H20N2O2/c1-10-2-7-13(17(18)19)8-15(10)16-9-14(11-3-4-11)12-5-6-12/h2,7-8,11-12,14,16H,3-6,9H2,1H3. The van der Waals surface area contributed by atoms with Crippen LogP contribution in [0.5, 0.6) is 0 Å². The molecule has 2 aliphatic carbocycles. The highest BCUT2D eigenvalue weighted by molar-refractivity contribution is 5.56. The van der Waals surface area contributed by atoms with Crippen molar-refractivity contribution in [3.8, 4) is 0 Å². The van der Waals surface area contributed by atoms with Crippen LogP contribution < -0.4 is 5.32 Å². The average Bonchev–Trinajstić information content (AvgIpc) is 3.25. The first kappa shape index (κ1) is 12.5. The fourth-order valence-electron chi connectivity index (χ4n) is 2.91. The maximum Gasteiger partial charge on any atom is 0.271 e. The van der Waals surface area contributed by atoms with Gasteiger partial charge in [0.05, 0.1) is 4.92 Å². The lowest BCUT2D eigenvalue weighted by molar-refractivity contribution is -0.384. The molecule has 0 amide bonds. The molecule has 0 aliphatic heterocycles. The van der Waals surface area contributed by atoms with Gasteiger partial charge in [-0.05, 0) is 55.9 Å². The minimum atomic E-state index is -0.329. The van der Waals surface area contributed by atoms with Crippen molar-refractivity contribution in [2.75, 3.05) is 11.9 Å². The Bertz CT molecular complexity index is 481. The van der Waals surface area contributed by atoms with Gasteiger partial charge in [0.15, 0.2) is 0 Å². The predicted molar refractivity (Wildman–Crippen MR) is 75.3 cm³/mol. The molecule has 1 aromatic rings. The number of nitrogens with one attached hydrogen (secondary N) is 1. The minimum absolute atomic E-state index is 0.169. The van der Waals surface area contributed by atoms with Gasteiger partial charge in [0.2, 0.25) is 0 Å². The summed E-state index contributed by atoms with van der Waals surface area (Å²) in [7, 11) is 0. The Morgan fingerprint density at radius 1 is 1.32 bits per heavy atom. The first-order valence-corrected chi connectivity index (χ1v) is 7.14. The molecule has 4 heteroatoms. The summed E-state index contributed by atoms with van der Waals surface area (Å²) >= 11 is 0. The van der Waals surface area contributed by atoms with Crippen LogP contribution in [0.25, 0.3) is 0 Å². The second-order valence-corrected chi connectivity index (χ2v) is 5.98. The zero-order chi connectivity index (χ0) is 13.4. The van der Waals surface area contributed by atoms with Crippen LogP contribution in [-0.2, 0) is 0 Å². The summed E-state index contributed by atoms with van der Waals surface area (Å²) in [5.41, 5.74) is 2.17. The number of nitro groups is 1. The van der Waals surface area contributed by atoms with Gasteiger partial charge >= 0.3 is 0 Å². The fraction of sp³-hybridized carbons (Fsp3) is 0.600. The molecule has 0 heterocycles. The van der Waals surface area contributed by atoms with Crippen LogP contribution in [0.4, 0.5) is 11.4 Å². The number of hydrogen-bond donors (Lipinski definition) is 1. The molecule has 19 heavy (non-hydrogen) atoms. The SMILES string of the molecule is Cc1ccc([N+](=O)[O-])cc1NCC(C1CC1)C1CC1. The summed E-state index contributed by atoms with van der Waals surface area (Å²) in [6, 6.07) is 5.05. The monoisotopic (exact) mass is 260 g/mol. The highest BCUT2D eigenvalue weighted by atomic mass is 16.6. The van der Waals surface area contributed by atoms with E-state index in [2.05, 4.69) is 5.32 Å². The van der Waals surface area contributed by atoms with Crippen molar-refractivity contribution in [2.45, 2.75) is 32.6 Å². The summed E-state index contributed by atoms with van der Waals surface area (Å²) in [4.78, 5) is 10.5. The summed E-state index contributed by atoms with van der Waals surface area (Å²) in [5.74, 6) is 2.58. The molecule has 0 aromatic heterocycles. The topological polar surface area (TPSA) is 55.2 Å². The number of hydrogen-bond acceptors (Lipinski definition) is 3. The normalized spacial score (nSPS) is 18.6. The van der Waals surface area contributed by atoms with Crippen LogP contribution in [0.1, 0.15) is 31.2 Å². The van der Waals surface area contributed by atoms with E-state index in [9.17, 15) is 10.1 Å². The van der Waals surface area contributed by atoms with Gasteiger partial charge < -0.3 is 5.32 Å². The van der Waals surface area contributed by atoms with Gasteiger partial charge in [0.1, 0.15) is 0 Å². The molecule has 0 bridgehead atoms. The lowest BCUT2D eigenvalue weighted by atomic mass is 9.97. The number of rotatable bonds is 6. The average molecular weight is 260 g/mol. The van der Waals surface area contributed by atoms with Crippen molar-refractivity contribution in [2.24, 2.45) is 17.8 Å². The Kier molecular flexibility index (Phi) is 3.17. The van der Waals surface area contributed by atoms with Gasteiger partial charge in [0, 0.05) is 24.4 Å². The maximum absolute atomic E-state index is 10.8. The van der Waals surface area contributed by atoms with Crippen molar-refractivity contribution >= 4 is 11.4 Å². The van der Waals surface area contributed by atoms with Crippen LogP contribution >= 0.6 is 0 Å². The molecular formula is C15H20N2O2. The maximum atomic E-state index is 10.8. The molecule has 2 saturated carbocycles. The lowest BCUT2D eigenvalue weighted by Gasteiger charge is -2.18. The van der Waals surface area contributed by atoms with Crippen LogP contribution in [0.2, 0.25) is 0 Å². The Hall–Kier alpha value is -1.58. The third kappa shape index (κ3) is 2.88. The molecule has 102 valence electrons. The minimum Gasteiger partial charge on any atom is -0.384 e. The van der Waals surface area contributed by atoms with E-state index < -0.39 is 0 Å². The third-order valence-electron chi connectivity index (χ3n) is 4.42. The lowest BCUT2D eigenvalue weighted by Crippen LogP contribution is -2.18. The van der Waals surface area contributed by atoms with Crippen molar-refractivity contribution < 1.29 is 4.92 Å². The number of aryl methyl sites for hydroxylation is 1. The van der Waals surface area contributed by atoms with Gasteiger partial charge in [-0.25, -0.2) is 0 Å². The number of nitrogens with zero attached hydrogens (tertiary/aromatic N) is 1. The second-order valence-electron chi connectivity index (χ2n) is 5.98. The Balaban J connectivity index is 1.68. The van der Waals surface area contributed by atoms with E-state index >= 15 is 0 Å². The summed E-state index contributed by atoms with van der Waals surface area (Å²) in [6.07, 6.45) is 5.49. The first-order chi connectivity index (χ1) is 9.15. The molecule has 1 aromatic carbocycles. The highest BCUT2D eigenvalue weighted by Crippen LogP contribution is 2.49. The molecule has 3 rings (SSSR count). The molecule has 4 nitrogen and oxygen atoms in total. The van der Waals surface area contributed by atoms with E-state index in [1.807, 2.05) is 13.0 Å². The van der Waals surface area contributed by atoms with E-state index in [1.54, 1.807) is 12.1 Å². The van der Waals surface area contributed by atoms with Gasteiger partial charge in [-0.3, -0.25) is 10.1 Å². The number of anilines is 1. The van der Waals surface area contributed by atoms with E-state index in [1.165, 1.54) is 25.7 Å². The van der Waals surface area contributed by atoms with E-state index in [0.717, 1.165) is 35.5 Å². The van der Waals surface area contributed by atoms with E-state index in [-0.39, 0.29) is 10.6 Å². The van der Waals surface area contributed by atoms with Gasteiger partial charge in [-0.1, -0.05) is 6.07 Å². The van der Waals surface area contributed by atoms with Crippen LogP contribution in [0, 0.1) is 34.8 Å². The number of benzene rings is 1. The van der Waals surface area contributed by atoms with Crippen molar-refractivity contribution in [1.82, 2.24) is 0 Å². The van der Waals surface area contributed by atoms with Gasteiger partial charge in [-0.2, -0.15) is 0 Å². The molecule has 0 atom stereocenters. The molecule has 0 spiro atoms. The Morgan fingerprint density at radius 2 is 1.95 bits per heavy atom. The van der Waals surface area contributed by atoms with Crippen LogP contribution in [0.15, 0.2) is 18.2 Å². The van der Waals surface area contributed by atoms with E-state index in [0.29, 0.717) is 0 Å². The van der Waals surface area contributed by atoms with Crippen molar-refractivity contribution in [1.29, 1.82) is 0 Å². The molecule has 1 N–H and O–H groups in total. The first-order valence-electron chi connectivity index (χ1n) is 7.14. The fourth-order valence-corrected chi connectivity index (χ4v) is 2.91. The van der Waals surface area contributed by atoms with Crippen molar-refractivity contribution in [3.63, 3.8) is 0 Å². The molecular weight excluding hydrogens is 240 g/mol. The molecule has 0 radical (unpaired) electrons. The van der Waals surface area contributed by atoms with E-state index in [4.69, 9.17) is 0 Å². The van der Waals surface area contributed by atoms with Gasteiger partial charge in [0.25, 0.3) is 5.69 Å². The van der Waals surface area contributed by atoms with Crippen molar-refractivity contribution in [3.05, 3.63) is 33.9 Å². The third-order valence-corrected chi connectivity index (χ3v) is 4.42. The molecule has 2 fully saturated rings. The number of nitro benzene ring substituents is 1. The predicted octanol–water partition coefficient (Wildman–Crippen LogP) is 3.75. The molecule has 0 saturated heterocycles. The Morgan fingerprint density at radius 3 is 2.47 bits per heavy atom. The van der Waals surface area contributed by atoms with Crippen LogP contribution in [0.3, 0.4) is 0 Å². The zero-order valence-corrected chi connectivity index (χ0v) is 11.3. The quantitative estimate of drug-likeness (QED) is 0.626. The molecule has 0 unspecified atom stereocenters. The summed E-state index contributed by atoms with van der Waals surface area (Å²) < 4.78 is 0. The van der Waals surface area contributed by atoms with Crippen LogP contribution in [-0.4, -0.2) is 11.5 Å². The Labute approximate surface area is 113 Å². The smallest absolute Gasteiger partial charge is 0.271 e. The highest BCUT2D eigenvalue weighted by Gasteiger charge is 2.41. The molecule has 2 aliphatic rings. The second kappa shape index (κ2) is 4.83. The van der Waals surface area contributed by atoms with Gasteiger partial charge in [-0.15, -0.1) is 0 Å². The number of non-ortho nitro benzene ring substituents is 1. The zero-order valence-electron chi connectivity index (χ0n) is 11.3.